The molecule has 2 aliphatic rings. The Balaban J connectivity index is 2.17. The molecule has 1 aliphatic carbocycles. The minimum atomic E-state index is -0.258. The molecule has 0 amide bonds. The Labute approximate surface area is 115 Å². The quantitative estimate of drug-likeness (QED) is 0.800. The van der Waals surface area contributed by atoms with Crippen LogP contribution in [-0.4, -0.2) is 10.9 Å². The maximum Gasteiger partial charge on any atom is 0.0919 e. The molecule has 5 heteroatoms. The van der Waals surface area contributed by atoms with Crippen molar-refractivity contribution in [1.29, 1.82) is 0 Å². The van der Waals surface area contributed by atoms with Gasteiger partial charge in [-0.25, -0.2) is 0 Å². The van der Waals surface area contributed by atoms with E-state index in [1.165, 1.54) is 5.56 Å². The molecule has 2 aromatic rings. The van der Waals surface area contributed by atoms with Gasteiger partial charge in [0.05, 0.1) is 16.2 Å². The van der Waals surface area contributed by atoms with Crippen molar-refractivity contribution in [2.75, 3.05) is 5.43 Å². The summed E-state index contributed by atoms with van der Waals surface area (Å²) in [5, 5.41) is 17.1. The summed E-state index contributed by atoms with van der Waals surface area (Å²) in [6, 6.07) is 3.46. The van der Waals surface area contributed by atoms with E-state index in [0.717, 1.165) is 42.5 Å². The summed E-state index contributed by atoms with van der Waals surface area (Å²) < 4.78 is 0. The number of fused-ring (bicyclic) bond motifs is 2. The predicted molar refractivity (Wildman–Crippen MR) is 73.6 cm³/mol. The molecule has 0 radical (unpaired) electrons. The minimum absolute atomic E-state index is 0.258. The molecule has 4 rings (SSSR count). The Morgan fingerprint density at radius 3 is 2.95 bits per heavy atom. The molecule has 0 atom stereocenters. The third-order valence-corrected chi connectivity index (χ3v) is 4.17. The minimum Gasteiger partial charge on any atom is -0.857 e. The first-order valence-corrected chi connectivity index (χ1v) is 6.78. The van der Waals surface area contributed by atoms with Crippen LogP contribution in [0.3, 0.4) is 0 Å². The lowest BCUT2D eigenvalue weighted by Gasteiger charge is -2.26. The van der Waals surface area contributed by atoms with Crippen molar-refractivity contribution in [2.24, 2.45) is 5.10 Å². The summed E-state index contributed by atoms with van der Waals surface area (Å²) in [6.07, 6.45) is 4.25. The summed E-state index contributed by atoms with van der Waals surface area (Å²) in [5.41, 5.74) is 7.42. The largest absolute Gasteiger partial charge is 0.857 e. The number of aryl methyl sites for hydroxylation is 1. The normalized spacial score (nSPS) is 16.8. The topological polar surface area (TPSA) is 60.3 Å². The SMILES string of the molecule is [O-]C1=NNc2c3c(nc4c(Cl)ccc1c24)CCCC3. The average molecular weight is 273 g/mol. The summed E-state index contributed by atoms with van der Waals surface area (Å²) in [6.45, 7) is 0. The summed E-state index contributed by atoms with van der Waals surface area (Å²) in [4.78, 5) is 4.69. The maximum atomic E-state index is 11.9. The van der Waals surface area contributed by atoms with Gasteiger partial charge in [-0.05, 0) is 42.9 Å². The number of hydrazone groups is 1. The zero-order valence-electron chi connectivity index (χ0n) is 10.2. The van der Waals surface area contributed by atoms with Gasteiger partial charge < -0.3 is 5.11 Å². The number of hydrogen-bond donors (Lipinski definition) is 1. The number of pyridine rings is 1. The first-order chi connectivity index (χ1) is 9.25. The van der Waals surface area contributed by atoms with E-state index in [9.17, 15) is 5.11 Å². The number of halogens is 1. The van der Waals surface area contributed by atoms with Crippen molar-refractivity contribution in [1.82, 2.24) is 4.98 Å². The van der Waals surface area contributed by atoms with Crippen LogP contribution in [0.25, 0.3) is 10.9 Å². The lowest BCUT2D eigenvalue weighted by atomic mass is 9.91. The van der Waals surface area contributed by atoms with Crippen molar-refractivity contribution >= 4 is 34.1 Å². The van der Waals surface area contributed by atoms with Gasteiger partial charge in [0.1, 0.15) is 0 Å². The van der Waals surface area contributed by atoms with E-state index in [2.05, 4.69) is 15.5 Å². The molecule has 0 spiro atoms. The number of nitrogens with zero attached hydrogens (tertiary/aromatic N) is 2. The van der Waals surface area contributed by atoms with Crippen LogP contribution in [0.1, 0.15) is 29.7 Å². The van der Waals surface area contributed by atoms with Crippen LogP contribution < -0.4 is 10.5 Å². The number of anilines is 1. The lowest BCUT2D eigenvalue weighted by molar-refractivity contribution is -0.212. The number of hydrogen-bond acceptors (Lipinski definition) is 4. The second-order valence-electron chi connectivity index (χ2n) is 4.97. The van der Waals surface area contributed by atoms with Crippen LogP contribution in [0, 0.1) is 0 Å². The fraction of sp³-hybridized carbons (Fsp3) is 0.286. The number of nitrogens with one attached hydrogen (secondary N) is 1. The Bertz CT molecular complexity index is 739. The molecule has 1 aliphatic heterocycles. The van der Waals surface area contributed by atoms with Gasteiger partial charge >= 0.3 is 0 Å². The Hall–Kier alpha value is -1.81. The van der Waals surface area contributed by atoms with Crippen LogP contribution in [0.15, 0.2) is 17.2 Å². The highest BCUT2D eigenvalue weighted by Crippen LogP contribution is 2.39. The van der Waals surface area contributed by atoms with Crippen LogP contribution in [0.2, 0.25) is 5.02 Å². The Morgan fingerprint density at radius 1 is 1.21 bits per heavy atom. The Morgan fingerprint density at radius 2 is 2.05 bits per heavy atom. The average Bonchev–Trinajstić information content (AvgIpc) is 2.44. The van der Waals surface area contributed by atoms with Crippen molar-refractivity contribution in [3.8, 4) is 0 Å². The fourth-order valence-corrected chi connectivity index (χ4v) is 3.16. The van der Waals surface area contributed by atoms with Crippen LogP contribution >= 0.6 is 11.6 Å². The molecule has 0 saturated carbocycles. The van der Waals surface area contributed by atoms with Crippen molar-refractivity contribution in [3.05, 3.63) is 34.0 Å². The summed E-state index contributed by atoms with van der Waals surface area (Å²) in [7, 11) is 0. The molecule has 19 heavy (non-hydrogen) atoms. The van der Waals surface area contributed by atoms with E-state index in [-0.39, 0.29) is 5.90 Å². The molecule has 1 aromatic heterocycles. The molecule has 96 valence electrons. The standard InChI is InChI=1S/C14H12ClN3O/c15-9-6-5-8-11-12(17-18-14(8)19)7-3-1-2-4-10(7)16-13(9)11/h5-6,17H,1-4H2,(H,18,19)/p-1. The van der Waals surface area contributed by atoms with Gasteiger partial charge in [0.25, 0.3) is 0 Å². The summed E-state index contributed by atoms with van der Waals surface area (Å²) >= 11 is 6.24. The van der Waals surface area contributed by atoms with Gasteiger partial charge in [-0.15, -0.1) is 0 Å². The molecule has 0 bridgehead atoms. The van der Waals surface area contributed by atoms with Gasteiger partial charge in [-0.2, -0.15) is 5.10 Å². The molecular formula is C14H11ClN3O-. The van der Waals surface area contributed by atoms with Gasteiger partial charge in [-0.3, -0.25) is 10.4 Å². The van der Waals surface area contributed by atoms with E-state index in [0.29, 0.717) is 16.1 Å². The van der Waals surface area contributed by atoms with E-state index >= 15 is 0 Å². The fourth-order valence-electron chi connectivity index (χ4n) is 2.96. The zero-order valence-corrected chi connectivity index (χ0v) is 10.9. The van der Waals surface area contributed by atoms with E-state index < -0.39 is 0 Å². The van der Waals surface area contributed by atoms with E-state index in [4.69, 9.17) is 11.6 Å². The van der Waals surface area contributed by atoms with Gasteiger partial charge in [0.15, 0.2) is 0 Å². The second-order valence-corrected chi connectivity index (χ2v) is 5.37. The van der Waals surface area contributed by atoms with Crippen molar-refractivity contribution < 1.29 is 5.11 Å². The first-order valence-electron chi connectivity index (χ1n) is 6.41. The third kappa shape index (κ3) is 1.46. The highest BCUT2D eigenvalue weighted by molar-refractivity contribution is 6.36. The van der Waals surface area contributed by atoms with E-state index in [1.807, 2.05) is 0 Å². The third-order valence-electron chi connectivity index (χ3n) is 3.87. The predicted octanol–water partition coefficient (Wildman–Crippen LogP) is 2.21. The second kappa shape index (κ2) is 3.84. The number of benzene rings is 1. The number of rotatable bonds is 0. The molecule has 0 unspecified atom stereocenters. The first kappa shape index (κ1) is 11.1. The molecule has 0 saturated heterocycles. The maximum absolute atomic E-state index is 11.9. The monoisotopic (exact) mass is 272 g/mol. The molecule has 2 heterocycles. The van der Waals surface area contributed by atoms with Gasteiger partial charge in [0.2, 0.25) is 0 Å². The molecule has 0 fully saturated rings. The molecule has 4 nitrogen and oxygen atoms in total. The summed E-state index contributed by atoms with van der Waals surface area (Å²) in [5.74, 6) is -0.258. The molecule has 1 N–H and O–H groups in total. The van der Waals surface area contributed by atoms with Crippen LogP contribution in [0.5, 0.6) is 0 Å². The van der Waals surface area contributed by atoms with Crippen molar-refractivity contribution in [2.45, 2.75) is 25.7 Å². The zero-order chi connectivity index (χ0) is 13.0. The van der Waals surface area contributed by atoms with Gasteiger partial charge in [-0.1, -0.05) is 17.7 Å². The molecule has 1 aromatic carbocycles. The highest BCUT2D eigenvalue weighted by Gasteiger charge is 2.22. The van der Waals surface area contributed by atoms with Crippen LogP contribution in [-0.2, 0) is 12.8 Å². The van der Waals surface area contributed by atoms with E-state index in [1.54, 1.807) is 12.1 Å². The van der Waals surface area contributed by atoms with Gasteiger partial charge in [0, 0.05) is 17.0 Å². The smallest absolute Gasteiger partial charge is 0.0919 e. The molecular weight excluding hydrogens is 262 g/mol. The highest BCUT2D eigenvalue weighted by atomic mass is 35.5. The van der Waals surface area contributed by atoms with Crippen LogP contribution in [0.4, 0.5) is 5.69 Å². The lowest BCUT2D eigenvalue weighted by Crippen LogP contribution is -2.25. The Kier molecular flexibility index (Phi) is 2.23. The number of aromatic nitrogens is 1. The van der Waals surface area contributed by atoms with Crippen molar-refractivity contribution in [3.63, 3.8) is 0 Å².